The molecule has 4 rings (SSSR count). The molecule has 158 valence electrons. The monoisotopic (exact) mass is 470 g/mol. The van der Waals surface area contributed by atoms with Crippen molar-refractivity contribution in [1.29, 1.82) is 0 Å². The summed E-state index contributed by atoms with van der Waals surface area (Å²) >= 11 is 13.6. The van der Waals surface area contributed by atoms with E-state index in [1.165, 1.54) is 11.8 Å². The van der Waals surface area contributed by atoms with Gasteiger partial charge in [0.05, 0.1) is 10.7 Å². The fourth-order valence-electron chi connectivity index (χ4n) is 3.06. The molecule has 1 saturated carbocycles. The Morgan fingerprint density at radius 1 is 0.903 bits per heavy atom. The van der Waals surface area contributed by atoms with Gasteiger partial charge in [-0.05, 0) is 54.8 Å². The van der Waals surface area contributed by atoms with Crippen LogP contribution in [0.3, 0.4) is 0 Å². The van der Waals surface area contributed by atoms with Crippen LogP contribution >= 0.6 is 35.0 Å². The Kier molecular flexibility index (Phi) is 6.86. The lowest BCUT2D eigenvalue weighted by Crippen LogP contribution is -2.19. The lowest BCUT2D eigenvalue weighted by molar-refractivity contribution is -0.117. The molecule has 3 aromatic carbocycles. The molecule has 7 heteroatoms. The maximum atomic E-state index is 13.2. The second-order valence-electron chi connectivity index (χ2n) is 7.31. The molecule has 0 bridgehead atoms. The summed E-state index contributed by atoms with van der Waals surface area (Å²) in [5.41, 5.74) is 2.10. The average Bonchev–Trinajstić information content (AvgIpc) is 3.60. The quantitative estimate of drug-likeness (QED) is 0.372. The van der Waals surface area contributed by atoms with Gasteiger partial charge < -0.3 is 10.6 Å². The van der Waals surface area contributed by atoms with Gasteiger partial charge in [-0.2, -0.15) is 0 Å². The van der Waals surface area contributed by atoms with E-state index in [0.717, 1.165) is 29.0 Å². The summed E-state index contributed by atoms with van der Waals surface area (Å²) in [4.78, 5) is 26.2. The van der Waals surface area contributed by atoms with Crippen LogP contribution in [0.1, 0.15) is 23.7 Å². The van der Waals surface area contributed by atoms with E-state index in [9.17, 15) is 9.59 Å². The summed E-state index contributed by atoms with van der Waals surface area (Å²) in [7, 11) is 0. The Bertz CT molecular complexity index is 1100. The van der Waals surface area contributed by atoms with E-state index in [-0.39, 0.29) is 17.7 Å². The standard InChI is InChI=1S/C24H20Cl2N2O2S/c25-17-11-12-21(20(26)13-17)28-24(30)22(15-5-2-1-3-6-15)31-19-8-4-7-18(14-19)27-23(29)16-9-10-16/h1-8,11-14,16,22H,9-10H2,(H,27,29)(H,28,30). The van der Waals surface area contributed by atoms with Gasteiger partial charge in [0.25, 0.3) is 0 Å². The fraction of sp³-hybridized carbons (Fsp3) is 0.167. The summed E-state index contributed by atoms with van der Waals surface area (Å²) in [6.07, 6.45) is 1.90. The van der Waals surface area contributed by atoms with Crippen molar-refractivity contribution in [3.05, 3.63) is 88.4 Å². The number of nitrogens with one attached hydrogen (secondary N) is 2. The van der Waals surface area contributed by atoms with Crippen molar-refractivity contribution in [1.82, 2.24) is 0 Å². The van der Waals surface area contributed by atoms with E-state index in [0.29, 0.717) is 15.7 Å². The van der Waals surface area contributed by atoms with Crippen LogP contribution in [0.2, 0.25) is 10.0 Å². The maximum absolute atomic E-state index is 13.2. The van der Waals surface area contributed by atoms with Crippen molar-refractivity contribution in [2.24, 2.45) is 5.92 Å². The van der Waals surface area contributed by atoms with Gasteiger partial charge in [-0.25, -0.2) is 0 Å². The van der Waals surface area contributed by atoms with Gasteiger partial charge in [0, 0.05) is 21.5 Å². The van der Waals surface area contributed by atoms with Crippen molar-refractivity contribution in [2.75, 3.05) is 10.6 Å². The van der Waals surface area contributed by atoms with Crippen LogP contribution in [-0.4, -0.2) is 11.8 Å². The normalized spacial score (nSPS) is 14.0. The van der Waals surface area contributed by atoms with Crippen LogP contribution < -0.4 is 10.6 Å². The number of hydrogen-bond donors (Lipinski definition) is 2. The largest absolute Gasteiger partial charge is 0.326 e. The van der Waals surface area contributed by atoms with E-state index < -0.39 is 5.25 Å². The number of hydrogen-bond acceptors (Lipinski definition) is 3. The zero-order valence-electron chi connectivity index (χ0n) is 16.5. The first kappa shape index (κ1) is 21.8. The molecule has 0 radical (unpaired) electrons. The predicted molar refractivity (Wildman–Crippen MR) is 128 cm³/mol. The second-order valence-corrected chi connectivity index (χ2v) is 9.34. The van der Waals surface area contributed by atoms with Crippen LogP contribution in [0.4, 0.5) is 11.4 Å². The molecular weight excluding hydrogens is 451 g/mol. The zero-order valence-corrected chi connectivity index (χ0v) is 18.8. The minimum absolute atomic E-state index is 0.0527. The summed E-state index contributed by atoms with van der Waals surface area (Å²) in [5.74, 6) is -0.0204. The molecule has 0 heterocycles. The summed E-state index contributed by atoms with van der Waals surface area (Å²) < 4.78 is 0. The van der Waals surface area contributed by atoms with Crippen molar-refractivity contribution < 1.29 is 9.59 Å². The van der Waals surface area contributed by atoms with E-state index in [1.54, 1.807) is 18.2 Å². The Balaban J connectivity index is 1.55. The van der Waals surface area contributed by atoms with Gasteiger partial charge in [0.15, 0.2) is 0 Å². The highest BCUT2D eigenvalue weighted by molar-refractivity contribution is 8.00. The summed E-state index contributed by atoms with van der Waals surface area (Å²) in [5, 5.41) is 6.23. The molecule has 1 aliphatic rings. The molecule has 0 spiro atoms. The first-order chi connectivity index (χ1) is 15.0. The second kappa shape index (κ2) is 9.77. The number of amides is 2. The third kappa shape index (κ3) is 5.82. The zero-order chi connectivity index (χ0) is 21.8. The third-order valence-corrected chi connectivity index (χ3v) is 6.63. The van der Waals surface area contributed by atoms with Gasteiger partial charge in [0.2, 0.25) is 11.8 Å². The number of carbonyl (C=O) groups is 2. The molecule has 4 nitrogen and oxygen atoms in total. The predicted octanol–water partition coefficient (Wildman–Crippen LogP) is 6.81. The Morgan fingerprint density at radius 2 is 1.68 bits per heavy atom. The maximum Gasteiger partial charge on any atom is 0.242 e. The third-order valence-electron chi connectivity index (χ3n) is 4.83. The lowest BCUT2D eigenvalue weighted by Gasteiger charge is -2.18. The Labute approximate surface area is 195 Å². The highest BCUT2D eigenvalue weighted by Gasteiger charge is 2.29. The van der Waals surface area contributed by atoms with Crippen LogP contribution in [-0.2, 0) is 9.59 Å². The summed E-state index contributed by atoms with van der Waals surface area (Å²) in [6, 6.07) is 22.1. The Morgan fingerprint density at radius 3 is 2.39 bits per heavy atom. The first-order valence-electron chi connectivity index (χ1n) is 9.88. The van der Waals surface area contributed by atoms with Gasteiger partial charge in [-0.3, -0.25) is 9.59 Å². The smallest absolute Gasteiger partial charge is 0.242 e. The topological polar surface area (TPSA) is 58.2 Å². The molecule has 31 heavy (non-hydrogen) atoms. The minimum Gasteiger partial charge on any atom is -0.326 e. The molecular formula is C24H20Cl2N2O2S. The number of anilines is 2. The highest BCUT2D eigenvalue weighted by atomic mass is 35.5. The van der Waals surface area contributed by atoms with Crippen LogP contribution in [0.25, 0.3) is 0 Å². The molecule has 1 atom stereocenters. The van der Waals surface area contributed by atoms with Crippen LogP contribution in [0.15, 0.2) is 77.7 Å². The molecule has 0 saturated heterocycles. The summed E-state index contributed by atoms with van der Waals surface area (Å²) in [6.45, 7) is 0. The number of benzene rings is 3. The van der Waals surface area contributed by atoms with Crippen molar-refractivity contribution >= 4 is 58.2 Å². The van der Waals surface area contributed by atoms with Crippen molar-refractivity contribution in [3.8, 4) is 0 Å². The van der Waals surface area contributed by atoms with Crippen molar-refractivity contribution in [2.45, 2.75) is 23.0 Å². The lowest BCUT2D eigenvalue weighted by atomic mass is 10.1. The Hall–Kier alpha value is -2.47. The van der Waals surface area contributed by atoms with Gasteiger partial charge in [-0.15, -0.1) is 11.8 Å². The number of carbonyl (C=O) groups excluding carboxylic acids is 2. The van der Waals surface area contributed by atoms with Crippen LogP contribution in [0, 0.1) is 5.92 Å². The number of thioether (sulfide) groups is 1. The van der Waals surface area contributed by atoms with E-state index >= 15 is 0 Å². The molecule has 0 aliphatic heterocycles. The van der Waals surface area contributed by atoms with Crippen molar-refractivity contribution in [3.63, 3.8) is 0 Å². The SMILES string of the molecule is O=C(Nc1cccc(SC(C(=O)Nc2ccc(Cl)cc2Cl)c2ccccc2)c1)C1CC1. The molecule has 2 N–H and O–H groups in total. The fourth-order valence-corrected chi connectivity index (χ4v) is 4.60. The molecule has 3 aromatic rings. The van der Waals surface area contributed by atoms with E-state index in [1.807, 2.05) is 54.6 Å². The van der Waals surface area contributed by atoms with E-state index in [2.05, 4.69) is 10.6 Å². The molecule has 1 unspecified atom stereocenters. The first-order valence-corrected chi connectivity index (χ1v) is 11.5. The van der Waals surface area contributed by atoms with Gasteiger partial charge >= 0.3 is 0 Å². The van der Waals surface area contributed by atoms with Crippen LogP contribution in [0.5, 0.6) is 0 Å². The minimum atomic E-state index is -0.512. The average molecular weight is 471 g/mol. The molecule has 1 fully saturated rings. The molecule has 1 aliphatic carbocycles. The van der Waals surface area contributed by atoms with Gasteiger partial charge in [-0.1, -0.05) is 59.6 Å². The highest BCUT2D eigenvalue weighted by Crippen LogP contribution is 2.38. The van der Waals surface area contributed by atoms with E-state index in [4.69, 9.17) is 23.2 Å². The molecule has 2 amide bonds. The van der Waals surface area contributed by atoms with Gasteiger partial charge in [0.1, 0.15) is 5.25 Å². The number of rotatable bonds is 7. The molecule has 0 aromatic heterocycles. The number of halogens is 2.